The van der Waals surface area contributed by atoms with E-state index in [-0.39, 0.29) is 18.0 Å². The molecule has 1 aliphatic rings. The summed E-state index contributed by atoms with van der Waals surface area (Å²) in [6.45, 7) is 10.6. The standard InChI is InChI=1S/C22H34N2O4.C5H6N2.C2H6/c1-4-27-21(26)13-9-7-5-6-8-12-20(28-17(2)25)19-15-14-18-11-10-16-24(3)22(18)23-19;1-5-6-3-2-4-7-5;1-2/h14-15,20H,4-13,16H2,1-3H3;2-4H,1H3;1-2H3. The lowest BCUT2D eigenvalue weighted by atomic mass is 10.0. The van der Waals surface area contributed by atoms with E-state index in [4.69, 9.17) is 14.5 Å². The number of carbonyl (C=O) groups excluding carboxylic acids is 2. The smallest absolute Gasteiger partial charge is 0.305 e. The quantitative estimate of drug-likeness (QED) is 0.259. The van der Waals surface area contributed by atoms with Gasteiger partial charge >= 0.3 is 11.9 Å². The molecule has 0 aromatic carbocycles. The monoisotopic (exact) mass is 514 g/mol. The molecule has 1 aliphatic heterocycles. The molecule has 2 aromatic heterocycles. The molecule has 0 bridgehead atoms. The van der Waals surface area contributed by atoms with Gasteiger partial charge in [0.05, 0.1) is 12.3 Å². The molecule has 8 heteroatoms. The Morgan fingerprint density at radius 3 is 2.35 bits per heavy atom. The van der Waals surface area contributed by atoms with Gasteiger partial charge < -0.3 is 14.4 Å². The summed E-state index contributed by atoms with van der Waals surface area (Å²) in [6.07, 6.45) is 11.6. The fourth-order valence-corrected chi connectivity index (χ4v) is 4.01. The molecule has 1 atom stereocenters. The molecule has 3 heterocycles. The van der Waals surface area contributed by atoms with E-state index in [0.717, 1.165) is 75.2 Å². The van der Waals surface area contributed by atoms with E-state index in [9.17, 15) is 9.59 Å². The Morgan fingerprint density at radius 2 is 1.73 bits per heavy atom. The summed E-state index contributed by atoms with van der Waals surface area (Å²) in [7, 11) is 2.06. The second-order valence-corrected chi connectivity index (χ2v) is 8.75. The maximum atomic E-state index is 11.6. The number of hydrogen-bond donors (Lipinski definition) is 0. The van der Waals surface area contributed by atoms with E-state index in [1.54, 1.807) is 18.5 Å². The zero-order valence-electron chi connectivity index (χ0n) is 23.7. The van der Waals surface area contributed by atoms with Gasteiger partial charge in [-0.15, -0.1) is 0 Å². The fourth-order valence-electron chi connectivity index (χ4n) is 4.01. The Morgan fingerprint density at radius 1 is 1.05 bits per heavy atom. The number of aromatic nitrogens is 3. The van der Waals surface area contributed by atoms with Crippen molar-refractivity contribution in [2.24, 2.45) is 0 Å². The lowest BCUT2D eigenvalue weighted by Gasteiger charge is -2.27. The van der Waals surface area contributed by atoms with Gasteiger partial charge in [0.25, 0.3) is 0 Å². The highest BCUT2D eigenvalue weighted by Gasteiger charge is 2.21. The van der Waals surface area contributed by atoms with Crippen LogP contribution in [0.4, 0.5) is 5.82 Å². The predicted octanol–water partition coefficient (Wildman–Crippen LogP) is 6.17. The first kappa shape index (κ1) is 32.0. The molecular weight excluding hydrogens is 468 g/mol. The third-order valence-corrected chi connectivity index (χ3v) is 5.76. The SMILES string of the molecule is CC.CCOC(=O)CCCCCCCC(OC(C)=O)c1ccc2c(n1)N(C)CCC2.Cc1ncccn1. The van der Waals surface area contributed by atoms with Gasteiger partial charge in [-0.2, -0.15) is 0 Å². The van der Waals surface area contributed by atoms with Crippen molar-refractivity contribution in [3.05, 3.63) is 47.7 Å². The first-order chi connectivity index (χ1) is 17.9. The van der Waals surface area contributed by atoms with Crippen molar-refractivity contribution in [1.82, 2.24) is 15.0 Å². The first-order valence-electron chi connectivity index (χ1n) is 13.7. The van der Waals surface area contributed by atoms with Crippen molar-refractivity contribution >= 4 is 17.8 Å². The first-order valence-corrected chi connectivity index (χ1v) is 13.7. The number of carbonyl (C=O) groups is 2. The van der Waals surface area contributed by atoms with Gasteiger partial charge in [0, 0.05) is 39.3 Å². The fraction of sp³-hybridized carbons (Fsp3) is 0.621. The van der Waals surface area contributed by atoms with Crippen molar-refractivity contribution in [2.75, 3.05) is 25.1 Å². The molecule has 1 unspecified atom stereocenters. The number of hydrogen-bond acceptors (Lipinski definition) is 8. The number of unbranched alkanes of at least 4 members (excludes halogenated alkanes) is 4. The van der Waals surface area contributed by atoms with Crippen LogP contribution < -0.4 is 4.90 Å². The van der Waals surface area contributed by atoms with Crippen LogP contribution in [0.5, 0.6) is 0 Å². The van der Waals surface area contributed by atoms with E-state index < -0.39 is 0 Å². The summed E-state index contributed by atoms with van der Waals surface area (Å²) < 4.78 is 10.5. The average Bonchev–Trinajstić information content (AvgIpc) is 2.89. The molecular formula is C29H46N4O4. The van der Waals surface area contributed by atoms with Crippen molar-refractivity contribution in [2.45, 2.75) is 98.5 Å². The Bertz CT molecular complexity index is 908. The van der Waals surface area contributed by atoms with Crippen LogP contribution in [0, 0.1) is 6.92 Å². The molecule has 37 heavy (non-hydrogen) atoms. The average molecular weight is 515 g/mol. The van der Waals surface area contributed by atoms with Crippen LogP contribution in [0.2, 0.25) is 0 Å². The normalized spacial score (nSPS) is 12.6. The molecule has 3 rings (SSSR count). The van der Waals surface area contributed by atoms with E-state index in [2.05, 4.69) is 28.0 Å². The Kier molecular flexibility index (Phi) is 16.5. The number of fused-ring (bicyclic) bond motifs is 1. The van der Waals surface area contributed by atoms with Crippen LogP contribution in [-0.4, -0.2) is 47.1 Å². The molecule has 0 spiro atoms. The van der Waals surface area contributed by atoms with Crippen molar-refractivity contribution in [3.63, 3.8) is 0 Å². The van der Waals surface area contributed by atoms with Crippen LogP contribution in [0.3, 0.4) is 0 Å². The van der Waals surface area contributed by atoms with E-state index in [1.807, 2.05) is 33.8 Å². The summed E-state index contributed by atoms with van der Waals surface area (Å²) in [4.78, 5) is 37.6. The second-order valence-electron chi connectivity index (χ2n) is 8.75. The maximum Gasteiger partial charge on any atom is 0.305 e. The summed E-state index contributed by atoms with van der Waals surface area (Å²) in [5.41, 5.74) is 2.10. The van der Waals surface area contributed by atoms with Gasteiger partial charge in [0.1, 0.15) is 17.7 Å². The number of esters is 2. The third kappa shape index (κ3) is 13.2. The van der Waals surface area contributed by atoms with Gasteiger partial charge in [-0.25, -0.2) is 15.0 Å². The van der Waals surface area contributed by atoms with Crippen LogP contribution in [0.1, 0.15) is 102 Å². The van der Waals surface area contributed by atoms with E-state index in [1.165, 1.54) is 12.5 Å². The lowest BCUT2D eigenvalue weighted by molar-refractivity contribution is -0.147. The Hall–Kier alpha value is -3.03. The zero-order chi connectivity index (χ0) is 27.5. The summed E-state index contributed by atoms with van der Waals surface area (Å²) in [6, 6.07) is 5.93. The number of rotatable bonds is 11. The Balaban J connectivity index is 0.000000645. The minimum atomic E-state index is -0.294. The molecule has 206 valence electrons. The second kappa shape index (κ2) is 19.1. The van der Waals surface area contributed by atoms with Crippen molar-refractivity contribution in [3.8, 4) is 0 Å². The van der Waals surface area contributed by atoms with E-state index >= 15 is 0 Å². The summed E-state index contributed by atoms with van der Waals surface area (Å²) in [5.74, 6) is 1.45. The van der Waals surface area contributed by atoms with Gasteiger partial charge in [-0.1, -0.05) is 39.2 Å². The highest BCUT2D eigenvalue weighted by molar-refractivity contribution is 5.69. The number of anilines is 1. The summed E-state index contributed by atoms with van der Waals surface area (Å²) >= 11 is 0. The van der Waals surface area contributed by atoms with Crippen LogP contribution in [-0.2, 0) is 25.5 Å². The summed E-state index contributed by atoms with van der Waals surface area (Å²) in [5, 5.41) is 0. The molecule has 0 radical (unpaired) electrons. The molecule has 0 aliphatic carbocycles. The molecule has 0 N–H and O–H groups in total. The van der Waals surface area contributed by atoms with Crippen LogP contribution >= 0.6 is 0 Å². The maximum absolute atomic E-state index is 11.6. The Labute approximate surface area is 223 Å². The minimum absolute atomic E-state index is 0.110. The molecule has 2 aromatic rings. The number of ether oxygens (including phenoxy) is 2. The van der Waals surface area contributed by atoms with Crippen molar-refractivity contribution < 1.29 is 19.1 Å². The van der Waals surface area contributed by atoms with Crippen LogP contribution in [0.15, 0.2) is 30.6 Å². The zero-order valence-corrected chi connectivity index (χ0v) is 23.7. The van der Waals surface area contributed by atoms with Gasteiger partial charge in [0.15, 0.2) is 0 Å². The highest BCUT2D eigenvalue weighted by Crippen LogP contribution is 2.29. The number of nitrogens with zero attached hydrogens (tertiary/aromatic N) is 4. The number of pyridine rings is 1. The highest BCUT2D eigenvalue weighted by atomic mass is 16.5. The van der Waals surface area contributed by atoms with Gasteiger partial charge in [-0.05, 0) is 63.6 Å². The minimum Gasteiger partial charge on any atom is -0.466 e. The molecule has 0 saturated heterocycles. The lowest BCUT2D eigenvalue weighted by Crippen LogP contribution is -2.26. The topological polar surface area (TPSA) is 94.5 Å². The molecule has 0 fully saturated rings. The van der Waals surface area contributed by atoms with E-state index in [0.29, 0.717) is 13.0 Å². The molecule has 0 saturated carbocycles. The molecule has 8 nitrogen and oxygen atoms in total. The van der Waals surface area contributed by atoms with Crippen molar-refractivity contribution in [1.29, 1.82) is 0 Å². The molecule has 0 amide bonds. The third-order valence-electron chi connectivity index (χ3n) is 5.76. The number of aryl methyl sites for hydroxylation is 2. The largest absolute Gasteiger partial charge is 0.466 e. The van der Waals surface area contributed by atoms with Crippen LogP contribution in [0.25, 0.3) is 0 Å². The van der Waals surface area contributed by atoms with Gasteiger partial charge in [-0.3, -0.25) is 9.59 Å². The van der Waals surface area contributed by atoms with Gasteiger partial charge in [0.2, 0.25) is 0 Å². The predicted molar refractivity (Wildman–Crippen MR) is 147 cm³/mol.